The van der Waals surface area contributed by atoms with Gasteiger partial charge in [0.25, 0.3) is 0 Å². The molecule has 3 N–H and O–H groups in total. The highest BCUT2D eigenvalue weighted by Gasteiger charge is 2.06. The number of thiazole rings is 1. The van der Waals surface area contributed by atoms with Crippen molar-refractivity contribution in [3.8, 4) is 11.8 Å². The molecule has 21 heavy (non-hydrogen) atoms. The molecule has 2 rings (SSSR count). The van der Waals surface area contributed by atoms with E-state index in [1.54, 1.807) is 11.3 Å². The van der Waals surface area contributed by atoms with Gasteiger partial charge in [-0.15, -0.1) is 11.3 Å². The number of aromatic nitrogens is 1. The van der Waals surface area contributed by atoms with Crippen molar-refractivity contribution in [3.05, 3.63) is 40.0 Å². The average molecular weight is 302 g/mol. The second kappa shape index (κ2) is 8.78. The van der Waals surface area contributed by atoms with Gasteiger partial charge in [-0.25, -0.2) is 4.98 Å². The zero-order valence-electron chi connectivity index (χ0n) is 12.8. The SMILES string of the molecule is Cc1nc(C#CC(/C=C\CN2CCCCCC2)=C/[NH3+])cs1. The molecule has 0 bridgehead atoms. The lowest BCUT2D eigenvalue weighted by Crippen LogP contribution is -2.39. The summed E-state index contributed by atoms with van der Waals surface area (Å²) < 4.78 is 0. The van der Waals surface area contributed by atoms with Crippen LogP contribution in [0.1, 0.15) is 36.4 Å². The van der Waals surface area contributed by atoms with Gasteiger partial charge >= 0.3 is 0 Å². The highest BCUT2D eigenvalue weighted by Crippen LogP contribution is 2.09. The second-order valence-corrected chi connectivity index (χ2v) is 6.34. The number of quaternary nitrogens is 1. The molecule has 2 heterocycles. The fourth-order valence-electron chi connectivity index (χ4n) is 2.37. The van der Waals surface area contributed by atoms with Crippen molar-refractivity contribution in [2.45, 2.75) is 32.6 Å². The number of hydrogen-bond donors (Lipinski definition) is 1. The quantitative estimate of drug-likeness (QED) is 0.688. The van der Waals surface area contributed by atoms with Gasteiger partial charge in [0, 0.05) is 11.9 Å². The van der Waals surface area contributed by atoms with E-state index in [4.69, 9.17) is 0 Å². The van der Waals surface area contributed by atoms with E-state index in [0.717, 1.165) is 22.8 Å². The Hall–Kier alpha value is -1.41. The molecular weight excluding hydrogens is 278 g/mol. The third-order valence-corrected chi connectivity index (χ3v) is 4.31. The van der Waals surface area contributed by atoms with Gasteiger partial charge in [0.2, 0.25) is 0 Å². The van der Waals surface area contributed by atoms with Crippen molar-refractivity contribution in [3.63, 3.8) is 0 Å². The van der Waals surface area contributed by atoms with E-state index >= 15 is 0 Å². The fourth-order valence-corrected chi connectivity index (χ4v) is 2.91. The second-order valence-electron chi connectivity index (χ2n) is 5.28. The van der Waals surface area contributed by atoms with E-state index in [1.165, 1.54) is 38.8 Å². The average Bonchev–Trinajstić information content (AvgIpc) is 2.75. The molecule has 4 heteroatoms. The molecule has 0 aromatic carbocycles. The maximum atomic E-state index is 4.35. The minimum absolute atomic E-state index is 0.845. The van der Waals surface area contributed by atoms with Crippen molar-refractivity contribution in [1.29, 1.82) is 0 Å². The molecule has 1 fully saturated rings. The summed E-state index contributed by atoms with van der Waals surface area (Å²) in [4.78, 5) is 6.86. The van der Waals surface area contributed by atoms with E-state index < -0.39 is 0 Å². The van der Waals surface area contributed by atoms with Crippen LogP contribution in [0.4, 0.5) is 0 Å². The standard InChI is InChI=1S/C17H23N3S/c1-15-19-17(14-21-15)9-8-16(13-18)7-6-12-20-10-4-2-3-5-11-20/h6-7,13-14H,2-5,10-12,18H2,1H3/p+1/b7-6-,16-13+. The van der Waals surface area contributed by atoms with Crippen LogP contribution in [0.25, 0.3) is 0 Å². The number of likely N-dealkylation sites (tertiary alicyclic amines) is 1. The smallest absolute Gasteiger partial charge is 0.124 e. The molecule has 1 aromatic rings. The summed E-state index contributed by atoms with van der Waals surface area (Å²) in [7, 11) is 0. The van der Waals surface area contributed by atoms with Gasteiger partial charge in [-0.1, -0.05) is 24.8 Å². The molecule has 0 aliphatic carbocycles. The van der Waals surface area contributed by atoms with Gasteiger partial charge in [-0.05, 0) is 44.9 Å². The van der Waals surface area contributed by atoms with Crippen LogP contribution in [-0.2, 0) is 0 Å². The summed E-state index contributed by atoms with van der Waals surface area (Å²) in [5.41, 5.74) is 5.64. The first-order chi connectivity index (χ1) is 10.3. The largest absolute Gasteiger partial charge is 0.330 e. The third-order valence-electron chi connectivity index (χ3n) is 3.53. The Morgan fingerprint density at radius 3 is 2.76 bits per heavy atom. The van der Waals surface area contributed by atoms with E-state index in [9.17, 15) is 0 Å². The van der Waals surface area contributed by atoms with E-state index in [1.807, 2.05) is 18.5 Å². The summed E-state index contributed by atoms with van der Waals surface area (Å²) in [5.74, 6) is 6.23. The van der Waals surface area contributed by atoms with Crippen molar-refractivity contribution in [1.82, 2.24) is 9.88 Å². The molecular formula is C17H24N3S+. The van der Waals surface area contributed by atoms with E-state index in [2.05, 4.69) is 39.6 Å². The van der Waals surface area contributed by atoms with Crippen LogP contribution >= 0.6 is 11.3 Å². The zero-order chi connectivity index (χ0) is 14.9. The number of aryl methyl sites for hydroxylation is 1. The Labute approximate surface area is 131 Å². The van der Waals surface area contributed by atoms with Crippen molar-refractivity contribution >= 4 is 11.3 Å². The highest BCUT2D eigenvalue weighted by atomic mass is 32.1. The first kappa shape index (κ1) is 16.0. The Morgan fingerprint density at radius 1 is 1.38 bits per heavy atom. The predicted octanol–water partition coefficient (Wildman–Crippen LogP) is 2.36. The molecule has 1 aromatic heterocycles. The normalized spacial score (nSPS) is 17.5. The maximum absolute atomic E-state index is 4.35. The first-order valence-corrected chi connectivity index (χ1v) is 8.48. The Kier molecular flexibility index (Phi) is 6.68. The molecule has 1 aliphatic rings. The van der Waals surface area contributed by atoms with E-state index in [-0.39, 0.29) is 0 Å². The third kappa shape index (κ3) is 5.84. The van der Waals surface area contributed by atoms with Crippen LogP contribution in [0.15, 0.2) is 29.3 Å². The lowest BCUT2D eigenvalue weighted by atomic mass is 10.2. The Morgan fingerprint density at radius 2 is 2.14 bits per heavy atom. The molecule has 0 saturated carbocycles. The van der Waals surface area contributed by atoms with Gasteiger partial charge in [-0.2, -0.15) is 0 Å². The summed E-state index contributed by atoms with van der Waals surface area (Å²) in [6.07, 6.45) is 11.5. The Balaban J connectivity index is 1.87. The molecule has 0 unspecified atom stereocenters. The van der Waals surface area contributed by atoms with Gasteiger partial charge in [-0.3, -0.25) is 4.90 Å². The summed E-state index contributed by atoms with van der Waals surface area (Å²) in [5, 5.41) is 3.04. The van der Waals surface area contributed by atoms with Crippen LogP contribution in [0.5, 0.6) is 0 Å². The number of nitrogens with zero attached hydrogens (tertiary/aromatic N) is 2. The number of hydrogen-bond acceptors (Lipinski definition) is 3. The number of rotatable bonds is 3. The molecule has 112 valence electrons. The monoisotopic (exact) mass is 302 g/mol. The van der Waals surface area contributed by atoms with Crippen LogP contribution in [0, 0.1) is 18.8 Å². The molecule has 0 amide bonds. The lowest BCUT2D eigenvalue weighted by molar-refractivity contribution is -0.275. The first-order valence-electron chi connectivity index (χ1n) is 7.60. The topological polar surface area (TPSA) is 43.8 Å². The van der Waals surface area contributed by atoms with Crippen LogP contribution < -0.4 is 5.73 Å². The zero-order valence-corrected chi connectivity index (χ0v) is 13.6. The Bertz CT molecular complexity index is 552. The molecule has 0 radical (unpaired) electrons. The molecule has 1 aliphatic heterocycles. The van der Waals surface area contributed by atoms with Gasteiger partial charge in [0.15, 0.2) is 0 Å². The van der Waals surface area contributed by atoms with Crippen molar-refractivity contribution < 1.29 is 5.73 Å². The van der Waals surface area contributed by atoms with Gasteiger partial charge in [0.05, 0.1) is 10.6 Å². The highest BCUT2D eigenvalue weighted by molar-refractivity contribution is 7.09. The van der Waals surface area contributed by atoms with Crippen LogP contribution in [0.2, 0.25) is 0 Å². The van der Waals surface area contributed by atoms with Gasteiger partial charge in [0.1, 0.15) is 11.9 Å². The minimum Gasteiger partial charge on any atom is -0.330 e. The summed E-state index contributed by atoms with van der Waals surface area (Å²) >= 11 is 1.63. The van der Waals surface area contributed by atoms with Crippen molar-refractivity contribution in [2.75, 3.05) is 19.6 Å². The molecule has 0 atom stereocenters. The summed E-state index contributed by atoms with van der Waals surface area (Å²) in [6, 6.07) is 0. The molecule has 3 nitrogen and oxygen atoms in total. The predicted molar refractivity (Wildman–Crippen MR) is 88.7 cm³/mol. The maximum Gasteiger partial charge on any atom is 0.124 e. The number of allylic oxidation sites excluding steroid dienone is 2. The van der Waals surface area contributed by atoms with E-state index in [0.29, 0.717) is 0 Å². The fraction of sp³-hybridized carbons (Fsp3) is 0.471. The van der Waals surface area contributed by atoms with Crippen LogP contribution in [0.3, 0.4) is 0 Å². The van der Waals surface area contributed by atoms with Crippen LogP contribution in [-0.4, -0.2) is 29.5 Å². The van der Waals surface area contributed by atoms with Gasteiger partial charge < -0.3 is 5.73 Å². The lowest BCUT2D eigenvalue weighted by Gasteiger charge is -2.16. The van der Waals surface area contributed by atoms with Crippen molar-refractivity contribution in [2.24, 2.45) is 0 Å². The minimum atomic E-state index is 0.845. The molecule has 1 saturated heterocycles. The molecule has 0 spiro atoms. The summed E-state index contributed by atoms with van der Waals surface area (Å²) in [6.45, 7) is 5.44.